The summed E-state index contributed by atoms with van der Waals surface area (Å²) in [7, 11) is 0. The van der Waals surface area contributed by atoms with Crippen molar-refractivity contribution in [3.63, 3.8) is 0 Å². The smallest absolute Gasteiger partial charge is 0.475 e. The summed E-state index contributed by atoms with van der Waals surface area (Å²) in [6, 6.07) is 5.61. The molecule has 14 heteroatoms. The molecule has 7 N–H and O–H groups in total. The third-order valence-electron chi connectivity index (χ3n) is 4.40. The van der Waals surface area contributed by atoms with Crippen LogP contribution in [0.25, 0.3) is 33.3 Å². The van der Waals surface area contributed by atoms with Crippen LogP contribution in [0.3, 0.4) is 0 Å². The zero-order valence-electron chi connectivity index (χ0n) is 16.5. The third-order valence-corrected chi connectivity index (χ3v) is 4.40. The highest BCUT2D eigenvalue weighted by Gasteiger charge is 2.38. The van der Waals surface area contributed by atoms with Crippen LogP contribution in [0.1, 0.15) is 12.8 Å². The first-order valence-electron chi connectivity index (χ1n) is 9.26. The van der Waals surface area contributed by atoms with Gasteiger partial charge < -0.3 is 26.8 Å². The van der Waals surface area contributed by atoms with Gasteiger partial charge in [-0.05, 0) is 31.5 Å². The van der Waals surface area contributed by atoms with Crippen LogP contribution in [0.2, 0.25) is 0 Å². The molecule has 3 aromatic heterocycles. The molecule has 0 fully saturated rings. The van der Waals surface area contributed by atoms with E-state index >= 15 is 0 Å². The van der Waals surface area contributed by atoms with Gasteiger partial charge in [-0.3, -0.25) is 0 Å². The van der Waals surface area contributed by atoms with Crippen molar-refractivity contribution in [2.45, 2.75) is 25.6 Å². The first kappa shape index (κ1) is 22.7. The van der Waals surface area contributed by atoms with E-state index in [9.17, 15) is 13.2 Å². The fourth-order valence-corrected chi connectivity index (χ4v) is 2.90. The summed E-state index contributed by atoms with van der Waals surface area (Å²) in [4.78, 5) is 17.4. The molecule has 11 nitrogen and oxygen atoms in total. The maximum atomic E-state index is 10.6. The molecule has 3 heterocycles. The molecule has 0 radical (unpaired) electrons. The number of nitrogens with zero attached hydrogens (tertiary/aromatic N) is 5. The van der Waals surface area contributed by atoms with Crippen molar-refractivity contribution in [1.29, 1.82) is 0 Å². The predicted octanol–water partition coefficient (Wildman–Crippen LogP) is 2.17. The molecule has 32 heavy (non-hydrogen) atoms. The van der Waals surface area contributed by atoms with Gasteiger partial charge in [0, 0.05) is 12.1 Å². The van der Waals surface area contributed by atoms with Crippen molar-refractivity contribution in [2.24, 2.45) is 5.73 Å². The van der Waals surface area contributed by atoms with Gasteiger partial charge in [0.1, 0.15) is 17.8 Å². The van der Waals surface area contributed by atoms with Crippen molar-refractivity contribution in [3.05, 3.63) is 24.5 Å². The maximum absolute atomic E-state index is 10.6. The Labute approximate surface area is 178 Å². The number of aryl methyl sites for hydroxylation is 1. The predicted molar refractivity (Wildman–Crippen MR) is 109 cm³/mol. The van der Waals surface area contributed by atoms with Gasteiger partial charge in [0.15, 0.2) is 17.0 Å². The Kier molecular flexibility index (Phi) is 6.43. The third kappa shape index (κ3) is 4.69. The molecule has 0 atom stereocenters. The fourth-order valence-electron chi connectivity index (χ4n) is 2.90. The summed E-state index contributed by atoms with van der Waals surface area (Å²) in [5.41, 5.74) is 20.3. The van der Waals surface area contributed by atoms with Crippen molar-refractivity contribution in [1.82, 2.24) is 24.9 Å². The Morgan fingerprint density at radius 3 is 2.53 bits per heavy atom. The summed E-state index contributed by atoms with van der Waals surface area (Å²) in [5, 5.41) is 17.1. The number of fused-ring (bicyclic) bond motifs is 2. The van der Waals surface area contributed by atoms with Crippen molar-refractivity contribution >= 4 is 39.6 Å². The average molecular weight is 452 g/mol. The number of aliphatic carboxylic acids is 1. The van der Waals surface area contributed by atoms with Gasteiger partial charge in [0.2, 0.25) is 0 Å². The molecular weight excluding hydrogens is 433 g/mol. The molecule has 170 valence electrons. The number of aromatic nitrogens is 5. The summed E-state index contributed by atoms with van der Waals surface area (Å²) in [6.45, 7) is 1.36. The molecule has 4 rings (SSSR count). The van der Waals surface area contributed by atoms with Crippen molar-refractivity contribution in [2.75, 3.05) is 18.0 Å². The quantitative estimate of drug-likeness (QED) is 0.327. The molecule has 0 amide bonds. The Morgan fingerprint density at radius 1 is 1.16 bits per heavy atom. The molecule has 0 aliphatic carbocycles. The first-order chi connectivity index (χ1) is 15.1. The Bertz CT molecular complexity index is 1250. The molecule has 0 spiro atoms. The van der Waals surface area contributed by atoms with Crippen LogP contribution in [-0.2, 0) is 11.3 Å². The summed E-state index contributed by atoms with van der Waals surface area (Å²) in [6.07, 6.45) is -1.81. The summed E-state index contributed by atoms with van der Waals surface area (Å²) in [5.74, 6) is -2.00. The lowest BCUT2D eigenvalue weighted by atomic mass is 10.1. The second kappa shape index (κ2) is 9.05. The van der Waals surface area contributed by atoms with E-state index in [-0.39, 0.29) is 0 Å². The van der Waals surface area contributed by atoms with Gasteiger partial charge in [-0.2, -0.15) is 18.3 Å². The number of benzene rings is 1. The van der Waals surface area contributed by atoms with E-state index < -0.39 is 12.1 Å². The lowest BCUT2D eigenvalue weighted by Crippen LogP contribution is -2.21. The molecule has 0 unspecified atom stereocenters. The zero-order chi connectivity index (χ0) is 23.5. The van der Waals surface area contributed by atoms with E-state index in [0.717, 1.165) is 29.2 Å². The van der Waals surface area contributed by atoms with Gasteiger partial charge in [0.25, 0.3) is 0 Å². The van der Waals surface area contributed by atoms with Crippen LogP contribution in [-0.4, -0.2) is 48.7 Å². The van der Waals surface area contributed by atoms with Crippen LogP contribution >= 0.6 is 0 Å². The highest BCUT2D eigenvalue weighted by molar-refractivity contribution is 6.00. The average Bonchev–Trinajstić information content (AvgIpc) is 3.29. The number of carboxylic acid groups (broad SMARTS) is 1. The van der Waals surface area contributed by atoms with E-state index in [0.29, 0.717) is 41.6 Å². The summed E-state index contributed by atoms with van der Waals surface area (Å²) < 4.78 is 38.8. The molecule has 4 aromatic rings. The largest absolute Gasteiger partial charge is 0.490 e. The molecule has 1 aromatic carbocycles. The number of carbonyl (C=O) groups is 1. The minimum Gasteiger partial charge on any atom is -0.475 e. The molecule has 0 aliphatic heterocycles. The highest BCUT2D eigenvalue weighted by Crippen LogP contribution is 2.33. The monoisotopic (exact) mass is 452 g/mol. The molecule has 0 bridgehead atoms. The number of hydrogen-bond donors (Lipinski definition) is 4. The Hall–Kier alpha value is -3.94. The topological polar surface area (TPSA) is 185 Å². The Balaban J connectivity index is 0.000000360. The van der Waals surface area contributed by atoms with Gasteiger partial charge >= 0.3 is 12.1 Å². The number of alkyl halides is 3. The van der Waals surface area contributed by atoms with E-state index in [2.05, 4.69) is 15.1 Å². The number of hydrogen-bond acceptors (Lipinski definition) is 9. The van der Waals surface area contributed by atoms with E-state index in [1.54, 1.807) is 0 Å². The van der Waals surface area contributed by atoms with Crippen LogP contribution in [0.15, 0.2) is 29.0 Å². The van der Waals surface area contributed by atoms with Crippen LogP contribution < -0.4 is 17.2 Å². The molecule has 0 saturated carbocycles. The number of anilines is 2. The standard InChI is InChI=1S/C16H18N8O.C2HF3O2/c17-5-1-2-6-24-16-12(15(19)20-8-21-16)13(22-24)9-3-4-10-11(7-9)25-23-14(10)18;3-2(4,5)1(6)7/h3-4,7-8H,1-2,5-6,17H2,(H2,18,23)(H2,19,20,21);(H,6,7). The van der Waals surface area contributed by atoms with E-state index in [4.69, 9.17) is 36.7 Å². The minimum absolute atomic E-state index is 0.363. The van der Waals surface area contributed by atoms with Crippen LogP contribution in [0, 0.1) is 0 Å². The maximum Gasteiger partial charge on any atom is 0.490 e. The van der Waals surface area contributed by atoms with Crippen molar-refractivity contribution < 1.29 is 27.6 Å². The minimum atomic E-state index is -5.08. The fraction of sp³-hybridized carbons (Fsp3) is 0.278. The second-order valence-corrected chi connectivity index (χ2v) is 6.61. The van der Waals surface area contributed by atoms with Crippen LogP contribution in [0.4, 0.5) is 24.8 Å². The normalized spacial score (nSPS) is 11.5. The summed E-state index contributed by atoms with van der Waals surface area (Å²) >= 11 is 0. The SMILES string of the molecule is NCCCCn1nc(-c2ccc3c(N)noc3c2)c2c(N)ncnc21.O=C(O)C(F)(F)F. The molecular formula is C18H19F3N8O3. The van der Waals surface area contributed by atoms with Gasteiger partial charge in [-0.25, -0.2) is 19.4 Å². The molecule has 0 aliphatic rings. The van der Waals surface area contributed by atoms with Crippen LogP contribution in [0.5, 0.6) is 0 Å². The molecule has 0 saturated heterocycles. The second-order valence-electron chi connectivity index (χ2n) is 6.61. The lowest BCUT2D eigenvalue weighted by Gasteiger charge is -2.01. The van der Waals surface area contributed by atoms with Gasteiger partial charge in [0.05, 0.1) is 10.8 Å². The van der Waals surface area contributed by atoms with Gasteiger partial charge in [-0.1, -0.05) is 11.2 Å². The zero-order valence-corrected chi connectivity index (χ0v) is 16.5. The number of rotatable bonds is 5. The van der Waals surface area contributed by atoms with E-state index in [1.807, 2.05) is 22.9 Å². The van der Waals surface area contributed by atoms with Gasteiger partial charge in [-0.15, -0.1) is 0 Å². The number of halogens is 3. The number of nitrogen functional groups attached to an aromatic ring is 2. The van der Waals surface area contributed by atoms with Crippen molar-refractivity contribution in [3.8, 4) is 11.3 Å². The number of unbranched alkanes of at least 4 members (excludes halogenated alkanes) is 1. The highest BCUT2D eigenvalue weighted by atomic mass is 19.4. The Morgan fingerprint density at radius 2 is 1.88 bits per heavy atom. The lowest BCUT2D eigenvalue weighted by molar-refractivity contribution is -0.192. The number of carboxylic acids is 1. The number of nitrogens with two attached hydrogens (primary N) is 3. The van der Waals surface area contributed by atoms with E-state index in [1.165, 1.54) is 6.33 Å². The first-order valence-corrected chi connectivity index (χ1v) is 9.26.